The van der Waals surface area contributed by atoms with Gasteiger partial charge in [0.25, 0.3) is 0 Å². The predicted molar refractivity (Wildman–Crippen MR) is 79.9 cm³/mol. The molecule has 0 fully saturated rings. The maximum Gasteiger partial charge on any atom is 0.122 e. The number of unbranched alkanes of at least 4 members (excludes halogenated alkanes) is 5. The van der Waals surface area contributed by atoms with Crippen LogP contribution >= 0.6 is 11.6 Å². The van der Waals surface area contributed by atoms with Crippen LogP contribution in [0.4, 0.5) is 5.69 Å². The van der Waals surface area contributed by atoms with Gasteiger partial charge in [0.2, 0.25) is 0 Å². The van der Waals surface area contributed by atoms with E-state index < -0.39 is 0 Å². The molecule has 0 bridgehead atoms. The van der Waals surface area contributed by atoms with Gasteiger partial charge in [0.05, 0.1) is 7.11 Å². The van der Waals surface area contributed by atoms with Gasteiger partial charge < -0.3 is 10.1 Å². The van der Waals surface area contributed by atoms with Crippen LogP contribution < -0.4 is 10.1 Å². The molecule has 0 radical (unpaired) electrons. The Balaban J connectivity index is 2.20. The van der Waals surface area contributed by atoms with E-state index in [0.717, 1.165) is 18.0 Å². The molecule has 3 heteroatoms. The Morgan fingerprint density at radius 1 is 1.06 bits per heavy atom. The standard InChI is InChI=1S/C15H24ClNO/c1-3-4-5-6-7-8-9-17-14-10-13(16)11-15(12-14)18-2/h10-12,17H,3-9H2,1-2H3. The molecule has 1 N–H and O–H groups in total. The zero-order valence-electron chi connectivity index (χ0n) is 11.5. The Bertz CT molecular complexity index is 341. The smallest absolute Gasteiger partial charge is 0.122 e. The Labute approximate surface area is 116 Å². The molecule has 0 amide bonds. The van der Waals surface area contributed by atoms with Crippen molar-refractivity contribution in [2.45, 2.75) is 45.4 Å². The summed E-state index contributed by atoms with van der Waals surface area (Å²) in [4.78, 5) is 0. The van der Waals surface area contributed by atoms with Crippen molar-refractivity contribution in [1.82, 2.24) is 0 Å². The number of benzene rings is 1. The third-order valence-electron chi connectivity index (χ3n) is 2.97. The van der Waals surface area contributed by atoms with E-state index in [0.29, 0.717) is 5.02 Å². The maximum absolute atomic E-state index is 6.01. The predicted octanol–water partition coefficient (Wildman–Crippen LogP) is 5.12. The van der Waals surface area contributed by atoms with Crippen molar-refractivity contribution in [1.29, 1.82) is 0 Å². The minimum atomic E-state index is 0.708. The third kappa shape index (κ3) is 6.15. The lowest BCUT2D eigenvalue weighted by molar-refractivity contribution is 0.415. The number of hydrogen-bond acceptors (Lipinski definition) is 2. The van der Waals surface area contributed by atoms with E-state index >= 15 is 0 Å². The molecule has 0 heterocycles. The summed E-state index contributed by atoms with van der Waals surface area (Å²) in [5, 5.41) is 4.09. The summed E-state index contributed by atoms with van der Waals surface area (Å²) in [5.74, 6) is 0.799. The van der Waals surface area contributed by atoms with Gasteiger partial charge in [0, 0.05) is 23.3 Å². The van der Waals surface area contributed by atoms with Crippen LogP contribution in [0.2, 0.25) is 5.02 Å². The quantitative estimate of drug-likeness (QED) is 0.628. The van der Waals surface area contributed by atoms with Crippen LogP contribution in [0.25, 0.3) is 0 Å². The first-order valence-electron chi connectivity index (χ1n) is 6.84. The molecule has 2 nitrogen and oxygen atoms in total. The normalized spacial score (nSPS) is 10.4. The van der Waals surface area contributed by atoms with Crippen molar-refractivity contribution in [3.8, 4) is 5.75 Å². The zero-order chi connectivity index (χ0) is 13.2. The van der Waals surface area contributed by atoms with Gasteiger partial charge in [-0.05, 0) is 18.6 Å². The molecular weight excluding hydrogens is 246 g/mol. The van der Waals surface area contributed by atoms with Gasteiger partial charge in [0.1, 0.15) is 5.75 Å². The van der Waals surface area contributed by atoms with Crippen LogP contribution in [-0.4, -0.2) is 13.7 Å². The summed E-state index contributed by atoms with van der Waals surface area (Å²) in [6.45, 7) is 3.24. The average molecular weight is 270 g/mol. The van der Waals surface area contributed by atoms with Crippen LogP contribution in [0, 0.1) is 0 Å². The monoisotopic (exact) mass is 269 g/mol. The molecule has 1 aromatic rings. The van der Waals surface area contributed by atoms with Gasteiger partial charge >= 0.3 is 0 Å². The Morgan fingerprint density at radius 2 is 1.78 bits per heavy atom. The molecule has 1 rings (SSSR count). The highest BCUT2D eigenvalue weighted by Gasteiger charge is 1.99. The van der Waals surface area contributed by atoms with Gasteiger partial charge in [-0.1, -0.05) is 50.6 Å². The number of halogens is 1. The Morgan fingerprint density at radius 3 is 2.50 bits per heavy atom. The van der Waals surface area contributed by atoms with Crippen molar-refractivity contribution >= 4 is 17.3 Å². The van der Waals surface area contributed by atoms with Crippen molar-refractivity contribution in [2.24, 2.45) is 0 Å². The van der Waals surface area contributed by atoms with Crippen molar-refractivity contribution in [3.05, 3.63) is 23.2 Å². The van der Waals surface area contributed by atoms with E-state index in [-0.39, 0.29) is 0 Å². The van der Waals surface area contributed by atoms with E-state index in [2.05, 4.69) is 12.2 Å². The van der Waals surface area contributed by atoms with Crippen LogP contribution in [0.3, 0.4) is 0 Å². The Kier molecular flexibility index (Phi) is 7.66. The fourth-order valence-corrected chi connectivity index (χ4v) is 2.15. The molecule has 0 saturated heterocycles. The molecule has 0 aliphatic rings. The second-order valence-corrected chi connectivity index (χ2v) is 5.01. The van der Waals surface area contributed by atoms with Crippen LogP contribution in [-0.2, 0) is 0 Å². The van der Waals surface area contributed by atoms with E-state index in [9.17, 15) is 0 Å². The number of rotatable bonds is 9. The second kappa shape index (κ2) is 9.09. The highest BCUT2D eigenvalue weighted by molar-refractivity contribution is 6.31. The first kappa shape index (κ1) is 15.2. The highest BCUT2D eigenvalue weighted by Crippen LogP contribution is 2.24. The number of hydrogen-bond donors (Lipinski definition) is 1. The number of nitrogens with one attached hydrogen (secondary N) is 1. The van der Waals surface area contributed by atoms with Gasteiger partial charge in [-0.3, -0.25) is 0 Å². The first-order chi connectivity index (χ1) is 8.76. The SMILES string of the molecule is CCCCCCCCNc1cc(Cl)cc(OC)c1. The van der Waals surface area contributed by atoms with E-state index in [4.69, 9.17) is 16.3 Å². The molecule has 102 valence electrons. The topological polar surface area (TPSA) is 21.3 Å². The lowest BCUT2D eigenvalue weighted by Gasteiger charge is -2.09. The lowest BCUT2D eigenvalue weighted by Crippen LogP contribution is -2.01. The average Bonchev–Trinajstić information content (AvgIpc) is 2.37. The van der Waals surface area contributed by atoms with Crippen molar-refractivity contribution in [3.63, 3.8) is 0 Å². The first-order valence-corrected chi connectivity index (χ1v) is 7.22. The molecular formula is C15H24ClNO. The van der Waals surface area contributed by atoms with Crippen LogP contribution in [0.5, 0.6) is 5.75 Å². The fraction of sp³-hybridized carbons (Fsp3) is 0.600. The molecule has 0 aromatic heterocycles. The summed E-state index contributed by atoms with van der Waals surface area (Å²) in [6.07, 6.45) is 7.87. The minimum absolute atomic E-state index is 0.708. The van der Waals surface area contributed by atoms with Crippen LogP contribution in [0.15, 0.2) is 18.2 Å². The van der Waals surface area contributed by atoms with Crippen LogP contribution in [0.1, 0.15) is 45.4 Å². The molecule has 18 heavy (non-hydrogen) atoms. The van der Waals surface area contributed by atoms with Gasteiger partial charge in [-0.15, -0.1) is 0 Å². The summed E-state index contributed by atoms with van der Waals surface area (Å²) in [5.41, 5.74) is 1.04. The van der Waals surface area contributed by atoms with Crippen molar-refractivity contribution < 1.29 is 4.74 Å². The molecule has 0 atom stereocenters. The number of methoxy groups -OCH3 is 1. The number of anilines is 1. The zero-order valence-corrected chi connectivity index (χ0v) is 12.2. The van der Waals surface area contributed by atoms with Gasteiger partial charge in [-0.25, -0.2) is 0 Å². The minimum Gasteiger partial charge on any atom is -0.497 e. The maximum atomic E-state index is 6.01. The molecule has 0 aliphatic heterocycles. The second-order valence-electron chi connectivity index (χ2n) is 4.57. The summed E-state index contributed by atoms with van der Waals surface area (Å²) >= 11 is 6.01. The molecule has 0 spiro atoms. The largest absolute Gasteiger partial charge is 0.497 e. The summed E-state index contributed by atoms with van der Waals surface area (Å²) < 4.78 is 5.18. The molecule has 0 aliphatic carbocycles. The molecule has 1 aromatic carbocycles. The molecule has 0 unspecified atom stereocenters. The van der Waals surface area contributed by atoms with Gasteiger partial charge in [-0.2, -0.15) is 0 Å². The van der Waals surface area contributed by atoms with Gasteiger partial charge in [0.15, 0.2) is 0 Å². The third-order valence-corrected chi connectivity index (χ3v) is 3.18. The lowest BCUT2D eigenvalue weighted by atomic mass is 10.1. The van der Waals surface area contributed by atoms with E-state index in [1.807, 2.05) is 18.2 Å². The molecule has 0 saturated carbocycles. The highest BCUT2D eigenvalue weighted by atomic mass is 35.5. The summed E-state index contributed by atoms with van der Waals surface area (Å²) in [7, 11) is 1.66. The van der Waals surface area contributed by atoms with E-state index in [1.54, 1.807) is 7.11 Å². The van der Waals surface area contributed by atoms with Crippen molar-refractivity contribution in [2.75, 3.05) is 19.0 Å². The fourth-order valence-electron chi connectivity index (χ4n) is 1.92. The summed E-state index contributed by atoms with van der Waals surface area (Å²) in [6, 6.07) is 5.72. The number of ether oxygens (including phenoxy) is 1. The Hall–Kier alpha value is -0.890. The van der Waals surface area contributed by atoms with E-state index in [1.165, 1.54) is 38.5 Å².